The zero-order valence-electron chi connectivity index (χ0n) is 33.5. The Morgan fingerprint density at radius 2 is 0.571 bits per heavy atom. The number of unbranched alkanes of at least 4 members (excludes halogenated alkanes) is 32. The Morgan fingerprint density at radius 3 is 0.837 bits per heavy atom. The molecule has 0 N–H and O–H groups in total. The molecule has 0 aliphatic carbocycles. The molecule has 0 fully saturated rings. The van der Waals surface area contributed by atoms with Gasteiger partial charge in [-0.25, -0.2) is 0 Å². The zero-order valence-corrected chi connectivity index (χ0v) is 33.5. The minimum absolute atomic E-state index is 0.392. The molecule has 0 amide bonds. The van der Waals surface area contributed by atoms with E-state index in [1.54, 1.807) is 0 Å². The first-order valence-electron chi connectivity index (χ1n) is 22.6. The third kappa shape index (κ3) is 24.4. The van der Waals surface area contributed by atoms with Gasteiger partial charge in [-0.3, -0.25) is 0 Å². The highest BCUT2D eigenvalue weighted by atomic mass is 15.4. The van der Waals surface area contributed by atoms with Crippen molar-refractivity contribution in [3.8, 4) is 0 Å². The van der Waals surface area contributed by atoms with Gasteiger partial charge in [0.05, 0.1) is 0 Å². The second-order valence-corrected chi connectivity index (χ2v) is 15.9. The van der Waals surface area contributed by atoms with Crippen molar-refractivity contribution in [1.82, 2.24) is 9.80 Å². The van der Waals surface area contributed by atoms with Crippen LogP contribution in [0.15, 0.2) is 42.7 Å². The molecule has 2 heteroatoms. The van der Waals surface area contributed by atoms with Gasteiger partial charge in [-0.1, -0.05) is 250 Å². The van der Waals surface area contributed by atoms with Crippen LogP contribution >= 0.6 is 0 Å². The molecule has 0 unspecified atom stereocenters. The fourth-order valence-electron chi connectivity index (χ4n) is 7.97. The van der Waals surface area contributed by atoms with Crippen molar-refractivity contribution in [3.05, 3.63) is 48.3 Å². The van der Waals surface area contributed by atoms with E-state index in [0.29, 0.717) is 6.17 Å². The van der Waals surface area contributed by atoms with E-state index in [2.05, 4.69) is 66.4 Å². The smallest absolute Gasteiger partial charge is 0.127 e. The highest BCUT2D eigenvalue weighted by Crippen LogP contribution is 2.31. The van der Waals surface area contributed by atoms with E-state index in [1.165, 1.54) is 237 Å². The second-order valence-electron chi connectivity index (χ2n) is 15.9. The molecule has 2 rings (SSSR count). The molecule has 0 radical (unpaired) electrons. The van der Waals surface area contributed by atoms with E-state index < -0.39 is 0 Å². The van der Waals surface area contributed by atoms with E-state index in [1.807, 2.05) is 0 Å². The third-order valence-corrected chi connectivity index (χ3v) is 11.2. The maximum Gasteiger partial charge on any atom is 0.127 e. The van der Waals surface area contributed by atoms with Crippen LogP contribution in [-0.2, 0) is 0 Å². The predicted octanol–water partition coefficient (Wildman–Crippen LogP) is 16.1. The lowest BCUT2D eigenvalue weighted by molar-refractivity contribution is 0.149. The maximum absolute atomic E-state index is 2.62. The Bertz CT molecular complexity index is 771. The Labute approximate surface area is 308 Å². The van der Waals surface area contributed by atoms with Crippen molar-refractivity contribution in [2.24, 2.45) is 0 Å². The largest absolute Gasteiger partial charge is 0.352 e. The monoisotopic (exact) mass is 679 g/mol. The van der Waals surface area contributed by atoms with Crippen molar-refractivity contribution in [1.29, 1.82) is 0 Å². The van der Waals surface area contributed by atoms with Gasteiger partial charge >= 0.3 is 0 Å². The lowest BCUT2D eigenvalue weighted by atomic mass is 10.0. The Balaban J connectivity index is 1.44. The van der Waals surface area contributed by atoms with E-state index in [-0.39, 0.29) is 0 Å². The van der Waals surface area contributed by atoms with Gasteiger partial charge in [0.25, 0.3) is 0 Å². The number of hydrogen-bond acceptors (Lipinski definition) is 2. The van der Waals surface area contributed by atoms with Crippen molar-refractivity contribution in [2.75, 3.05) is 13.1 Å². The summed E-state index contributed by atoms with van der Waals surface area (Å²) in [5.41, 5.74) is 1.45. The van der Waals surface area contributed by atoms with Gasteiger partial charge < -0.3 is 9.80 Å². The highest BCUT2D eigenvalue weighted by molar-refractivity contribution is 5.21. The standard InChI is InChI=1S/C47H86N2/c1-3-5-7-9-11-13-15-17-19-21-23-25-27-29-31-33-38-42-48-44-45-49(47(48)46-40-36-35-37-41-46)43-39-34-32-30-28-26-24-22-20-18-16-14-12-10-8-6-4-2/h35-37,40-41,44-45,47H,3-34,38-39,42-43H2,1-2H3. The van der Waals surface area contributed by atoms with Crippen LogP contribution in [-0.4, -0.2) is 22.9 Å². The Kier molecular flexibility index (Phi) is 30.1. The molecule has 1 aliphatic heterocycles. The molecular formula is C47H86N2. The van der Waals surface area contributed by atoms with Gasteiger partial charge in [-0.2, -0.15) is 0 Å². The van der Waals surface area contributed by atoms with Crippen LogP contribution in [0, 0.1) is 0 Å². The van der Waals surface area contributed by atoms with Gasteiger partial charge in [0.2, 0.25) is 0 Å². The first-order valence-corrected chi connectivity index (χ1v) is 22.6. The fourth-order valence-corrected chi connectivity index (χ4v) is 7.97. The summed E-state index contributed by atoms with van der Waals surface area (Å²) in [6, 6.07) is 11.3. The average Bonchev–Trinajstić information content (AvgIpc) is 3.53. The van der Waals surface area contributed by atoms with Crippen molar-refractivity contribution in [2.45, 2.75) is 238 Å². The summed E-state index contributed by atoms with van der Waals surface area (Å²) in [7, 11) is 0. The number of benzene rings is 1. The van der Waals surface area contributed by atoms with Crippen LogP contribution in [0.5, 0.6) is 0 Å². The van der Waals surface area contributed by atoms with Gasteiger partial charge in [0.1, 0.15) is 6.17 Å². The molecule has 0 spiro atoms. The van der Waals surface area contributed by atoms with Gasteiger partial charge in [0, 0.05) is 25.5 Å². The van der Waals surface area contributed by atoms with Crippen molar-refractivity contribution in [3.63, 3.8) is 0 Å². The first kappa shape index (κ1) is 43.7. The molecule has 1 heterocycles. The minimum Gasteiger partial charge on any atom is -0.352 e. The second kappa shape index (κ2) is 33.7. The number of nitrogens with zero attached hydrogens (tertiary/aromatic N) is 2. The Morgan fingerprint density at radius 1 is 0.327 bits per heavy atom. The van der Waals surface area contributed by atoms with Gasteiger partial charge in [0.15, 0.2) is 0 Å². The molecule has 284 valence electrons. The molecule has 1 aliphatic rings. The topological polar surface area (TPSA) is 6.48 Å². The summed E-state index contributed by atoms with van der Waals surface area (Å²) in [6.07, 6.45) is 54.1. The maximum atomic E-state index is 2.62. The van der Waals surface area contributed by atoms with Crippen molar-refractivity contribution >= 4 is 0 Å². The summed E-state index contributed by atoms with van der Waals surface area (Å²) in [4.78, 5) is 5.24. The summed E-state index contributed by atoms with van der Waals surface area (Å²) in [5, 5.41) is 0. The van der Waals surface area contributed by atoms with E-state index in [0.717, 1.165) is 0 Å². The lowest BCUT2D eigenvalue weighted by Crippen LogP contribution is -2.32. The van der Waals surface area contributed by atoms with E-state index >= 15 is 0 Å². The van der Waals surface area contributed by atoms with Crippen LogP contribution < -0.4 is 0 Å². The molecule has 0 saturated carbocycles. The van der Waals surface area contributed by atoms with E-state index in [4.69, 9.17) is 0 Å². The summed E-state index contributed by atoms with van der Waals surface area (Å²) in [6.45, 7) is 6.99. The quantitative estimate of drug-likeness (QED) is 0.0646. The lowest BCUT2D eigenvalue weighted by Gasteiger charge is -2.33. The molecular weight excluding hydrogens is 593 g/mol. The molecule has 0 atom stereocenters. The molecule has 0 aromatic heterocycles. The molecule has 0 bridgehead atoms. The van der Waals surface area contributed by atoms with Gasteiger partial charge in [-0.15, -0.1) is 0 Å². The van der Waals surface area contributed by atoms with Crippen LogP contribution in [0.4, 0.5) is 0 Å². The van der Waals surface area contributed by atoms with Gasteiger partial charge in [-0.05, 0) is 18.4 Å². The third-order valence-electron chi connectivity index (χ3n) is 11.2. The molecule has 0 saturated heterocycles. The highest BCUT2D eigenvalue weighted by Gasteiger charge is 2.26. The zero-order chi connectivity index (χ0) is 34.7. The summed E-state index contributed by atoms with van der Waals surface area (Å²) >= 11 is 0. The van der Waals surface area contributed by atoms with Crippen LogP contribution in [0.25, 0.3) is 0 Å². The number of rotatable bonds is 37. The van der Waals surface area contributed by atoms with Crippen LogP contribution in [0.1, 0.15) is 244 Å². The normalized spacial score (nSPS) is 13.3. The predicted molar refractivity (Wildman–Crippen MR) is 220 cm³/mol. The van der Waals surface area contributed by atoms with Crippen LogP contribution in [0.3, 0.4) is 0 Å². The SMILES string of the molecule is CCCCCCCCCCCCCCCCCCCN1C=CN(CCCCCCCCCCCCCCCCCCC)C1c1ccccc1. The first-order chi connectivity index (χ1) is 24.4. The molecule has 1 aromatic carbocycles. The molecule has 49 heavy (non-hydrogen) atoms. The molecule has 1 aromatic rings. The summed E-state index contributed by atoms with van der Waals surface area (Å²) < 4.78 is 0. The Hall–Kier alpha value is -1.44. The van der Waals surface area contributed by atoms with E-state index in [9.17, 15) is 0 Å². The minimum atomic E-state index is 0.392. The average molecular weight is 679 g/mol. The molecule has 2 nitrogen and oxygen atoms in total. The number of hydrogen-bond donors (Lipinski definition) is 0. The van der Waals surface area contributed by atoms with Crippen molar-refractivity contribution < 1.29 is 0 Å². The fraction of sp³-hybridized carbons (Fsp3) is 0.830. The summed E-state index contributed by atoms with van der Waals surface area (Å²) in [5.74, 6) is 0. The van der Waals surface area contributed by atoms with Crippen LogP contribution in [0.2, 0.25) is 0 Å².